The molecule has 0 amide bonds. The van der Waals surface area contributed by atoms with Crippen molar-refractivity contribution < 1.29 is 10.0 Å². The van der Waals surface area contributed by atoms with Crippen LogP contribution in [0.5, 0.6) is 0 Å². The van der Waals surface area contributed by atoms with Gasteiger partial charge in [0.2, 0.25) is 0 Å². The van der Waals surface area contributed by atoms with Gasteiger partial charge >= 0.3 is 7.12 Å². The number of hydrogen-bond donors (Lipinski definition) is 3. The summed E-state index contributed by atoms with van der Waals surface area (Å²) in [6.45, 7) is 3.33. The Morgan fingerprint density at radius 3 is 2.76 bits per heavy atom. The molecule has 2 rings (SSSR count). The third kappa shape index (κ3) is 3.44. The molecule has 0 spiro atoms. The second-order valence-corrected chi connectivity index (χ2v) is 5.52. The first kappa shape index (κ1) is 13.3. The van der Waals surface area contributed by atoms with Gasteiger partial charge in [0.05, 0.1) is 6.17 Å². The molecule has 1 saturated heterocycles. The Morgan fingerprint density at radius 1 is 1.24 bits per heavy atom. The van der Waals surface area contributed by atoms with Gasteiger partial charge in [-0.05, 0) is 39.1 Å². The molecule has 3 atom stereocenters. The van der Waals surface area contributed by atoms with Gasteiger partial charge in [0.15, 0.2) is 0 Å². The summed E-state index contributed by atoms with van der Waals surface area (Å²) >= 11 is 0. The average Bonchev–Trinajstić information content (AvgIpc) is 2.60. The van der Waals surface area contributed by atoms with Crippen LogP contribution >= 0.6 is 0 Å². The topological polar surface area (TPSA) is 55.7 Å². The van der Waals surface area contributed by atoms with Gasteiger partial charge in [-0.1, -0.05) is 19.3 Å². The molecular formula is C12H25BN2O2. The molecule has 3 N–H and O–H groups in total. The van der Waals surface area contributed by atoms with E-state index in [0.717, 1.165) is 25.4 Å². The monoisotopic (exact) mass is 240 g/mol. The van der Waals surface area contributed by atoms with Gasteiger partial charge in [0.25, 0.3) is 0 Å². The summed E-state index contributed by atoms with van der Waals surface area (Å²) in [5.41, 5.74) is 0. The second kappa shape index (κ2) is 6.18. The Balaban J connectivity index is 1.75. The van der Waals surface area contributed by atoms with Crippen molar-refractivity contribution in [2.24, 2.45) is 0 Å². The summed E-state index contributed by atoms with van der Waals surface area (Å²) < 4.78 is 0. The summed E-state index contributed by atoms with van der Waals surface area (Å²) in [5.74, 6) is 0. The van der Waals surface area contributed by atoms with E-state index in [1.807, 2.05) is 0 Å². The molecule has 2 aliphatic rings. The van der Waals surface area contributed by atoms with Gasteiger partial charge in [-0.25, -0.2) is 0 Å². The Bertz CT molecular complexity index is 241. The summed E-state index contributed by atoms with van der Waals surface area (Å²) in [5, 5.41) is 21.3. The third-order valence-electron chi connectivity index (χ3n) is 4.24. The van der Waals surface area contributed by atoms with E-state index in [4.69, 9.17) is 10.0 Å². The van der Waals surface area contributed by atoms with Gasteiger partial charge in [0.1, 0.15) is 0 Å². The maximum absolute atomic E-state index is 8.81. The van der Waals surface area contributed by atoms with E-state index >= 15 is 0 Å². The van der Waals surface area contributed by atoms with Gasteiger partial charge in [0, 0.05) is 12.1 Å². The Hall–Kier alpha value is -0.0951. The van der Waals surface area contributed by atoms with Crippen LogP contribution in [-0.4, -0.2) is 46.9 Å². The number of rotatable bonds is 5. The number of hydrogen-bond acceptors (Lipinski definition) is 4. The van der Waals surface area contributed by atoms with Crippen LogP contribution in [0.2, 0.25) is 6.32 Å². The Kier molecular flexibility index (Phi) is 4.85. The van der Waals surface area contributed by atoms with Crippen LogP contribution in [0.15, 0.2) is 0 Å². The zero-order valence-corrected chi connectivity index (χ0v) is 10.8. The maximum atomic E-state index is 8.81. The van der Waals surface area contributed by atoms with Gasteiger partial charge < -0.3 is 10.0 Å². The largest absolute Gasteiger partial charge is 0.451 e. The molecule has 4 nitrogen and oxygen atoms in total. The lowest BCUT2D eigenvalue weighted by Gasteiger charge is -2.31. The van der Waals surface area contributed by atoms with Crippen LogP contribution in [0.4, 0.5) is 0 Å². The van der Waals surface area contributed by atoms with Crippen molar-refractivity contribution in [3.05, 3.63) is 0 Å². The third-order valence-corrected chi connectivity index (χ3v) is 4.24. The minimum Gasteiger partial charge on any atom is -0.427 e. The highest BCUT2D eigenvalue weighted by atomic mass is 16.4. The minimum absolute atomic E-state index is 0.488. The maximum Gasteiger partial charge on any atom is 0.451 e. The van der Waals surface area contributed by atoms with Crippen LogP contribution in [-0.2, 0) is 0 Å². The molecule has 1 aliphatic heterocycles. The highest BCUT2D eigenvalue weighted by Gasteiger charge is 2.38. The SMILES string of the molecule is CC1NC2CCCCC2N1CCCCB(O)O. The number of unbranched alkanes of at least 4 members (excludes halogenated alkanes) is 1. The summed E-state index contributed by atoms with van der Waals surface area (Å²) in [4.78, 5) is 2.58. The standard InChI is InChI=1S/C12H25BN2O2/c1-10-14-11-6-2-3-7-12(11)15(10)9-5-4-8-13(16)17/h10-12,14,16-17H,2-9H2,1H3. The summed E-state index contributed by atoms with van der Waals surface area (Å²) in [6.07, 6.45) is 8.33. The van der Waals surface area contributed by atoms with Gasteiger partial charge in [-0.3, -0.25) is 10.2 Å². The average molecular weight is 240 g/mol. The molecule has 0 aromatic heterocycles. The molecule has 1 saturated carbocycles. The lowest BCUT2D eigenvalue weighted by atomic mass is 9.84. The van der Waals surface area contributed by atoms with E-state index in [0.29, 0.717) is 18.5 Å². The highest BCUT2D eigenvalue weighted by Crippen LogP contribution is 2.29. The van der Waals surface area contributed by atoms with Crippen molar-refractivity contribution in [2.75, 3.05) is 6.54 Å². The van der Waals surface area contributed by atoms with E-state index in [-0.39, 0.29) is 0 Å². The molecule has 1 heterocycles. The predicted octanol–water partition coefficient (Wildman–Crippen LogP) is 0.802. The van der Waals surface area contributed by atoms with Crippen LogP contribution in [0.1, 0.15) is 45.4 Å². The lowest BCUT2D eigenvalue weighted by molar-refractivity contribution is 0.169. The molecule has 1 aliphatic carbocycles. The first-order valence-electron chi connectivity index (χ1n) is 7.06. The zero-order valence-electron chi connectivity index (χ0n) is 10.8. The Morgan fingerprint density at radius 2 is 2.00 bits per heavy atom. The molecule has 3 unspecified atom stereocenters. The van der Waals surface area contributed by atoms with E-state index < -0.39 is 7.12 Å². The number of nitrogens with zero attached hydrogens (tertiary/aromatic N) is 1. The number of fused-ring (bicyclic) bond motifs is 1. The van der Waals surface area contributed by atoms with Crippen molar-refractivity contribution in [2.45, 2.75) is 70.0 Å². The molecule has 5 heteroatoms. The quantitative estimate of drug-likeness (QED) is 0.491. The predicted molar refractivity (Wildman–Crippen MR) is 69.6 cm³/mol. The lowest BCUT2D eigenvalue weighted by Crippen LogP contribution is -2.40. The van der Waals surface area contributed by atoms with E-state index in [2.05, 4.69) is 17.1 Å². The normalized spacial score (nSPS) is 33.7. The van der Waals surface area contributed by atoms with E-state index in [1.54, 1.807) is 0 Å². The van der Waals surface area contributed by atoms with Crippen molar-refractivity contribution >= 4 is 7.12 Å². The number of nitrogens with one attached hydrogen (secondary N) is 1. The van der Waals surface area contributed by atoms with Crippen molar-refractivity contribution in [1.29, 1.82) is 0 Å². The first-order chi connectivity index (χ1) is 8.18. The van der Waals surface area contributed by atoms with Crippen molar-refractivity contribution in [3.63, 3.8) is 0 Å². The first-order valence-corrected chi connectivity index (χ1v) is 7.06. The molecule has 0 aromatic carbocycles. The smallest absolute Gasteiger partial charge is 0.427 e. The molecular weight excluding hydrogens is 215 g/mol. The molecule has 0 bridgehead atoms. The Labute approximate surface area is 105 Å². The van der Waals surface area contributed by atoms with Crippen LogP contribution in [0.3, 0.4) is 0 Å². The molecule has 98 valence electrons. The fraction of sp³-hybridized carbons (Fsp3) is 1.00. The van der Waals surface area contributed by atoms with Crippen molar-refractivity contribution in [3.8, 4) is 0 Å². The molecule has 17 heavy (non-hydrogen) atoms. The highest BCUT2D eigenvalue weighted by molar-refractivity contribution is 6.40. The second-order valence-electron chi connectivity index (χ2n) is 5.52. The summed E-state index contributed by atoms with van der Waals surface area (Å²) in [7, 11) is -1.13. The van der Waals surface area contributed by atoms with Crippen LogP contribution < -0.4 is 5.32 Å². The van der Waals surface area contributed by atoms with Gasteiger partial charge in [-0.15, -0.1) is 0 Å². The summed E-state index contributed by atoms with van der Waals surface area (Å²) in [6, 6.07) is 1.42. The fourth-order valence-electron chi connectivity index (χ4n) is 3.38. The molecule has 2 fully saturated rings. The van der Waals surface area contributed by atoms with E-state index in [1.165, 1.54) is 25.7 Å². The fourth-order valence-corrected chi connectivity index (χ4v) is 3.38. The van der Waals surface area contributed by atoms with Crippen molar-refractivity contribution in [1.82, 2.24) is 10.2 Å². The van der Waals surface area contributed by atoms with Crippen LogP contribution in [0, 0.1) is 0 Å². The zero-order chi connectivity index (χ0) is 12.3. The molecule has 0 radical (unpaired) electrons. The van der Waals surface area contributed by atoms with Crippen LogP contribution in [0.25, 0.3) is 0 Å². The van der Waals surface area contributed by atoms with E-state index in [9.17, 15) is 0 Å². The minimum atomic E-state index is -1.13. The van der Waals surface area contributed by atoms with Gasteiger partial charge in [-0.2, -0.15) is 0 Å². The molecule has 0 aromatic rings.